The molecule has 2 rings (SSSR count). The number of aromatic nitrogens is 1. The first kappa shape index (κ1) is 10.2. The van der Waals surface area contributed by atoms with E-state index in [1.54, 1.807) is 0 Å². The highest BCUT2D eigenvalue weighted by Gasteiger charge is 2.10. The lowest BCUT2D eigenvalue weighted by atomic mass is 9.96. The molecule has 0 saturated carbocycles. The molecule has 1 heterocycles. The highest BCUT2D eigenvalue weighted by Crippen LogP contribution is 2.19. The number of para-hydroxylation sites is 1. The van der Waals surface area contributed by atoms with Crippen molar-refractivity contribution in [1.82, 2.24) is 4.98 Å². The number of aromatic amines is 1. The van der Waals surface area contributed by atoms with Crippen molar-refractivity contribution in [3.8, 4) is 0 Å². The zero-order valence-corrected chi connectivity index (χ0v) is 9.33. The first-order chi connectivity index (χ1) is 7.18. The number of rotatable bonds is 3. The molecule has 2 aromatic rings. The molecule has 80 valence electrons. The number of hydrogen-bond donors (Lipinski definition) is 2. The fraction of sp³-hybridized carbons (Fsp3) is 0.385. The molecule has 0 bridgehead atoms. The maximum Gasteiger partial charge on any atom is 0.0487 e. The molecule has 1 aromatic heterocycles. The second kappa shape index (κ2) is 4.07. The summed E-state index contributed by atoms with van der Waals surface area (Å²) in [4.78, 5) is 3.28. The highest BCUT2D eigenvalue weighted by atomic mass is 14.7. The van der Waals surface area contributed by atoms with Crippen LogP contribution in [-0.2, 0) is 6.42 Å². The van der Waals surface area contributed by atoms with Gasteiger partial charge in [-0.2, -0.15) is 0 Å². The van der Waals surface area contributed by atoms with E-state index in [-0.39, 0.29) is 6.04 Å². The molecule has 0 saturated heterocycles. The Bertz CT molecular complexity index is 442. The Balaban J connectivity index is 2.31. The maximum absolute atomic E-state index is 6.09. The largest absolute Gasteiger partial charge is 0.361 e. The van der Waals surface area contributed by atoms with Gasteiger partial charge in [-0.25, -0.2) is 0 Å². The lowest BCUT2D eigenvalue weighted by Crippen LogP contribution is -2.28. The van der Waals surface area contributed by atoms with E-state index in [1.807, 2.05) is 6.20 Å². The summed E-state index contributed by atoms with van der Waals surface area (Å²) in [7, 11) is 0. The Morgan fingerprint density at radius 2 is 2.07 bits per heavy atom. The van der Waals surface area contributed by atoms with Gasteiger partial charge in [0.15, 0.2) is 0 Å². The standard InChI is InChI=1S/C13H18N2/c1-9(2)12(14)8-11-5-3-4-10-6-7-15-13(10)11/h3-7,9,12,15H,8,14H2,1-2H3. The number of benzene rings is 1. The number of nitrogens with two attached hydrogens (primary N) is 1. The molecular weight excluding hydrogens is 184 g/mol. The third-order valence-electron chi connectivity index (χ3n) is 2.99. The van der Waals surface area contributed by atoms with E-state index < -0.39 is 0 Å². The average molecular weight is 202 g/mol. The minimum absolute atomic E-state index is 0.235. The van der Waals surface area contributed by atoms with E-state index in [1.165, 1.54) is 16.5 Å². The van der Waals surface area contributed by atoms with Crippen LogP contribution in [0.15, 0.2) is 30.5 Å². The Labute approximate surface area is 90.5 Å². The van der Waals surface area contributed by atoms with Gasteiger partial charge in [-0.15, -0.1) is 0 Å². The summed E-state index contributed by atoms with van der Waals surface area (Å²) in [6, 6.07) is 8.70. The van der Waals surface area contributed by atoms with Crippen LogP contribution in [0.1, 0.15) is 19.4 Å². The fourth-order valence-corrected chi connectivity index (χ4v) is 1.81. The van der Waals surface area contributed by atoms with Crippen molar-refractivity contribution < 1.29 is 0 Å². The molecule has 2 nitrogen and oxygen atoms in total. The van der Waals surface area contributed by atoms with E-state index in [4.69, 9.17) is 5.73 Å². The first-order valence-electron chi connectivity index (χ1n) is 5.49. The average Bonchev–Trinajstić information content (AvgIpc) is 2.66. The molecule has 0 aliphatic heterocycles. The van der Waals surface area contributed by atoms with Crippen molar-refractivity contribution in [2.45, 2.75) is 26.3 Å². The molecule has 15 heavy (non-hydrogen) atoms. The second-order valence-electron chi connectivity index (χ2n) is 4.47. The molecule has 1 aromatic carbocycles. The van der Waals surface area contributed by atoms with E-state index in [0.29, 0.717) is 5.92 Å². The van der Waals surface area contributed by atoms with Crippen molar-refractivity contribution in [1.29, 1.82) is 0 Å². The fourth-order valence-electron chi connectivity index (χ4n) is 1.81. The molecule has 1 unspecified atom stereocenters. The monoisotopic (exact) mass is 202 g/mol. The van der Waals surface area contributed by atoms with Gasteiger partial charge in [0.25, 0.3) is 0 Å². The summed E-state index contributed by atoms with van der Waals surface area (Å²) >= 11 is 0. The SMILES string of the molecule is CC(C)C(N)Cc1cccc2cc[nH]c12. The molecule has 0 aliphatic carbocycles. The molecule has 0 aliphatic rings. The Hall–Kier alpha value is -1.28. The molecule has 3 N–H and O–H groups in total. The van der Waals surface area contributed by atoms with Crippen LogP contribution in [-0.4, -0.2) is 11.0 Å². The van der Waals surface area contributed by atoms with E-state index >= 15 is 0 Å². The summed E-state index contributed by atoms with van der Waals surface area (Å²) in [6.45, 7) is 4.33. The maximum atomic E-state index is 6.09. The zero-order chi connectivity index (χ0) is 10.8. The smallest absolute Gasteiger partial charge is 0.0487 e. The minimum atomic E-state index is 0.235. The van der Waals surface area contributed by atoms with Gasteiger partial charge < -0.3 is 10.7 Å². The van der Waals surface area contributed by atoms with E-state index in [2.05, 4.69) is 43.1 Å². The number of H-pyrrole nitrogens is 1. The van der Waals surface area contributed by atoms with Gasteiger partial charge in [0.1, 0.15) is 0 Å². The van der Waals surface area contributed by atoms with Crippen LogP contribution in [0.3, 0.4) is 0 Å². The van der Waals surface area contributed by atoms with E-state index in [0.717, 1.165) is 6.42 Å². The van der Waals surface area contributed by atoms with Crippen LogP contribution in [0.4, 0.5) is 0 Å². The summed E-state index contributed by atoms with van der Waals surface area (Å²) in [5, 5.41) is 1.27. The summed E-state index contributed by atoms with van der Waals surface area (Å²) in [5.41, 5.74) is 8.64. The van der Waals surface area contributed by atoms with Crippen LogP contribution in [0.25, 0.3) is 10.9 Å². The van der Waals surface area contributed by atoms with Gasteiger partial charge >= 0.3 is 0 Å². The summed E-state index contributed by atoms with van der Waals surface area (Å²) in [5.74, 6) is 0.523. The Morgan fingerprint density at radius 1 is 1.27 bits per heavy atom. The number of hydrogen-bond acceptors (Lipinski definition) is 1. The van der Waals surface area contributed by atoms with E-state index in [9.17, 15) is 0 Å². The van der Waals surface area contributed by atoms with Crippen molar-refractivity contribution in [2.24, 2.45) is 11.7 Å². The summed E-state index contributed by atoms with van der Waals surface area (Å²) in [6.07, 6.45) is 2.92. The quantitative estimate of drug-likeness (QED) is 0.789. The molecule has 1 atom stereocenters. The molecule has 0 fully saturated rings. The third-order valence-corrected chi connectivity index (χ3v) is 2.99. The van der Waals surface area contributed by atoms with Crippen LogP contribution >= 0.6 is 0 Å². The van der Waals surface area contributed by atoms with Crippen molar-refractivity contribution in [2.75, 3.05) is 0 Å². The number of fused-ring (bicyclic) bond motifs is 1. The lowest BCUT2D eigenvalue weighted by Gasteiger charge is -2.15. The summed E-state index contributed by atoms with van der Waals surface area (Å²) < 4.78 is 0. The lowest BCUT2D eigenvalue weighted by molar-refractivity contribution is 0.491. The molecule has 2 heteroatoms. The van der Waals surface area contributed by atoms with Gasteiger partial charge in [-0.3, -0.25) is 0 Å². The molecule has 0 spiro atoms. The van der Waals surface area contributed by atoms with Crippen LogP contribution in [0.2, 0.25) is 0 Å². The van der Waals surface area contributed by atoms with Crippen molar-refractivity contribution >= 4 is 10.9 Å². The van der Waals surface area contributed by atoms with Gasteiger partial charge in [0.2, 0.25) is 0 Å². The van der Waals surface area contributed by atoms with Gasteiger partial charge in [0.05, 0.1) is 0 Å². The number of nitrogens with one attached hydrogen (secondary N) is 1. The van der Waals surface area contributed by atoms with Crippen LogP contribution in [0.5, 0.6) is 0 Å². The predicted octanol–water partition coefficient (Wildman–Crippen LogP) is 2.69. The Kier molecular flexibility index (Phi) is 2.78. The predicted molar refractivity (Wildman–Crippen MR) is 64.8 cm³/mol. The second-order valence-corrected chi connectivity index (χ2v) is 4.47. The topological polar surface area (TPSA) is 41.8 Å². The normalized spacial score (nSPS) is 13.6. The zero-order valence-electron chi connectivity index (χ0n) is 9.33. The van der Waals surface area contributed by atoms with Crippen molar-refractivity contribution in [3.05, 3.63) is 36.0 Å². The van der Waals surface area contributed by atoms with Gasteiger partial charge in [-0.1, -0.05) is 32.0 Å². The van der Waals surface area contributed by atoms with Crippen LogP contribution in [0, 0.1) is 5.92 Å². The van der Waals surface area contributed by atoms with Crippen LogP contribution < -0.4 is 5.73 Å². The molecule has 0 radical (unpaired) electrons. The highest BCUT2D eigenvalue weighted by molar-refractivity contribution is 5.82. The minimum Gasteiger partial charge on any atom is -0.361 e. The third kappa shape index (κ3) is 2.05. The first-order valence-corrected chi connectivity index (χ1v) is 5.49. The molecular formula is C13H18N2. The Morgan fingerprint density at radius 3 is 2.80 bits per heavy atom. The van der Waals surface area contributed by atoms with Gasteiger partial charge in [0, 0.05) is 17.8 Å². The van der Waals surface area contributed by atoms with Crippen molar-refractivity contribution in [3.63, 3.8) is 0 Å². The van der Waals surface area contributed by atoms with Gasteiger partial charge in [-0.05, 0) is 29.4 Å². The molecule has 0 amide bonds.